The smallest absolute Gasteiger partial charge is 0.328 e. The fourth-order valence-electron chi connectivity index (χ4n) is 8.98. The number of aromatic amines is 3. The molecule has 39 heteroatoms. The number of aromatic nitrogens is 10. The van der Waals surface area contributed by atoms with Crippen LogP contribution < -0.4 is 100 Å². The van der Waals surface area contributed by atoms with Crippen LogP contribution >= 0.6 is 0 Å². The Morgan fingerprint density at radius 2 is 1.18 bits per heavy atom. The fourth-order valence-corrected chi connectivity index (χ4v) is 8.98. The average molecular weight is 1250 g/mol. The number of nitrogens with one attached hydrogen (secondary N) is 9. The minimum atomic E-state index is -2.11. The van der Waals surface area contributed by atoms with Crippen molar-refractivity contribution in [1.29, 1.82) is 0 Å². The predicted molar refractivity (Wildman–Crippen MR) is 320 cm³/mol. The van der Waals surface area contributed by atoms with Gasteiger partial charge in [0.2, 0.25) is 47.3 Å². The van der Waals surface area contributed by atoms with Crippen molar-refractivity contribution in [2.75, 3.05) is 32.4 Å². The van der Waals surface area contributed by atoms with Crippen molar-refractivity contribution in [1.82, 2.24) is 85.0 Å². The Bertz CT molecular complexity index is 4130. The zero-order valence-corrected chi connectivity index (χ0v) is 48.6. The highest BCUT2D eigenvalue weighted by Crippen LogP contribution is 2.15. The molecule has 5 heterocycles. The lowest BCUT2D eigenvalue weighted by Gasteiger charge is -2.28. The lowest BCUT2D eigenvalue weighted by molar-refractivity contribution is -0.140. The summed E-state index contributed by atoms with van der Waals surface area (Å²) in [6, 6.07) is -3.61. The first-order valence-electron chi connectivity index (χ1n) is 27.3. The van der Waals surface area contributed by atoms with Crippen molar-refractivity contribution in [2.24, 2.45) is 38.7 Å². The summed E-state index contributed by atoms with van der Waals surface area (Å²) in [6.07, 6.45) is 4.43. The molecule has 0 saturated carbocycles. The topological polar surface area (TPSA) is 601 Å². The number of aryl methyl sites for hydroxylation is 1. The van der Waals surface area contributed by atoms with Crippen LogP contribution in [0.4, 0.5) is 5.82 Å². The molecular weight excluding hydrogens is 1190 g/mol. The van der Waals surface area contributed by atoms with Crippen LogP contribution in [0.3, 0.4) is 0 Å². The molecule has 5 aromatic heterocycles. The number of hydrogen-bond acceptors (Lipinski definition) is 20. The number of imidazole rings is 1. The Hall–Kier alpha value is -11.8. The number of rotatable bonds is 30. The number of carbonyl (C=O) groups excluding carboxylic acids is 8. The number of likely N-dealkylation sites (N-methyl/N-ethyl adjacent to an activating group) is 1. The highest BCUT2D eigenvalue weighted by molar-refractivity contribution is 5.97. The van der Waals surface area contributed by atoms with E-state index in [9.17, 15) is 62.3 Å². The summed E-state index contributed by atoms with van der Waals surface area (Å²) in [4.78, 5) is 218. The first-order chi connectivity index (χ1) is 42.6. The highest BCUT2D eigenvalue weighted by Gasteiger charge is 2.35. The largest absolute Gasteiger partial charge is 0.382 e. The molecule has 6 atom stereocenters. The molecule has 0 bridgehead atoms. The van der Waals surface area contributed by atoms with Gasteiger partial charge in [0.05, 0.1) is 50.0 Å². The Morgan fingerprint density at radius 1 is 0.622 bits per heavy atom. The molecule has 0 unspecified atom stereocenters. The van der Waals surface area contributed by atoms with E-state index in [1.54, 1.807) is 0 Å². The summed E-state index contributed by atoms with van der Waals surface area (Å²) in [5.41, 5.74) is 27.8. The van der Waals surface area contributed by atoms with Crippen molar-refractivity contribution in [3.8, 4) is 0 Å². The van der Waals surface area contributed by atoms with Gasteiger partial charge in [-0.15, -0.1) is 0 Å². The number of H-pyrrole nitrogens is 3. The number of hydrogen-bond donors (Lipinski definition) is 15. The van der Waals surface area contributed by atoms with Gasteiger partial charge >= 0.3 is 17.1 Å². The summed E-state index contributed by atoms with van der Waals surface area (Å²) in [7, 11) is 1.08. The van der Waals surface area contributed by atoms with Gasteiger partial charge in [0.1, 0.15) is 48.1 Å². The van der Waals surface area contributed by atoms with Gasteiger partial charge in [0.15, 0.2) is 23.4 Å². The van der Waals surface area contributed by atoms with Crippen LogP contribution in [0.15, 0.2) is 94.1 Å². The molecule has 8 amide bonds. The molecule has 0 aliphatic rings. The highest BCUT2D eigenvalue weighted by atomic mass is 16.2. The summed E-state index contributed by atoms with van der Waals surface area (Å²) in [5, 5.41) is 14.6. The number of guanidine groups is 2. The molecule has 1 aromatic carbocycles. The lowest BCUT2D eigenvalue weighted by atomic mass is 10.1. The molecule has 39 nitrogen and oxygen atoms in total. The van der Waals surface area contributed by atoms with Gasteiger partial charge < -0.3 is 80.8 Å². The molecule has 0 fully saturated rings. The average Bonchev–Trinajstić information content (AvgIpc) is 1.22. The standard InChI is InChI=1S/C51H67N25O14/c1-24-16-74(50(89)71-40(24)81)17-30(64-35(79)21-72(3)46(87)33(19-73-15-12-34(78)70-49(73)88)68-41(82)29(63-25(2)77)11-7-14-59-48(56)57)42(83)67-32(20-76-45(86)26-8-4-5-9-27(26)69-51(76)90)44(85)66-31(18-75-23-62-36-37(52)60-22-61-39(36)75)43(84)65-28(38(53)80)10-6-13-58-47(54)55/h4-5,8-9,12,15-16,22-23,28-33H,6-7,10-11,13-14,17-21H2,1-3H3,(H2,53,80)(H,63,77)(H,64,79)(H,65,84)(H,66,85)(H,67,83)(H,68,82)(H,69,90)(H2,52,60,61)(H4,54,55,58)(H4,56,57,59)(H,70,78,88)(H,71,81,89)/t28-,29-,30-,31-,32-,33-/m0/s1. The molecule has 0 radical (unpaired) electrons. The van der Waals surface area contributed by atoms with Crippen LogP contribution in [0.1, 0.15) is 38.2 Å². The molecule has 480 valence electrons. The SMILES string of the molecule is CC(=O)N[C@@H](CCCN=C(N)N)C(=O)N[C@@H](Cn1ccc(=O)[nH]c1=O)C(=O)N(C)CC(=O)N[C@@H](Cn1cc(C)c(=O)[nH]c1=O)C(=O)N[C@@H](Cn1c(=O)[nH]c2ccccc2c1=O)C(=O)N[C@@H](Cn1cnc2c(N)ncnc21)C(=O)N[C@@H](CCCN=C(N)N)C(N)=O. The van der Waals surface area contributed by atoms with Gasteiger partial charge in [-0.1, -0.05) is 12.1 Å². The molecular formula is C51H67N25O14. The molecule has 0 spiro atoms. The molecule has 6 aromatic rings. The molecule has 21 N–H and O–H groups in total. The number of nitrogens with two attached hydrogens (primary N) is 6. The third-order valence-corrected chi connectivity index (χ3v) is 13.4. The fraction of sp³-hybridized carbons (Fsp3) is 0.392. The Balaban J connectivity index is 1.37. The Labute approximate surface area is 505 Å². The molecule has 0 aliphatic carbocycles. The molecule has 0 aliphatic heterocycles. The van der Waals surface area contributed by atoms with Crippen LogP contribution in [-0.4, -0.2) is 175 Å². The number of benzene rings is 1. The van der Waals surface area contributed by atoms with E-state index in [1.807, 2.05) is 4.98 Å². The van der Waals surface area contributed by atoms with Gasteiger partial charge in [-0.3, -0.25) is 86.4 Å². The van der Waals surface area contributed by atoms with E-state index in [4.69, 9.17) is 34.4 Å². The van der Waals surface area contributed by atoms with Crippen molar-refractivity contribution >= 4 is 87.1 Å². The van der Waals surface area contributed by atoms with Crippen molar-refractivity contribution in [3.63, 3.8) is 0 Å². The lowest BCUT2D eigenvalue weighted by Crippen LogP contribution is -2.61. The first kappa shape index (κ1) is 67.3. The Morgan fingerprint density at radius 3 is 1.80 bits per heavy atom. The van der Waals surface area contributed by atoms with E-state index >= 15 is 4.79 Å². The molecule has 6 rings (SSSR count). The Kier molecular flexibility index (Phi) is 22.8. The summed E-state index contributed by atoms with van der Waals surface area (Å²) in [6.45, 7) is -1.58. The van der Waals surface area contributed by atoms with Crippen molar-refractivity contribution < 1.29 is 38.4 Å². The quantitative estimate of drug-likeness (QED) is 0.0113. The second-order valence-corrected chi connectivity index (χ2v) is 20.3. The van der Waals surface area contributed by atoms with Crippen LogP contribution in [0, 0.1) is 6.92 Å². The van der Waals surface area contributed by atoms with Crippen molar-refractivity contribution in [3.05, 3.63) is 123 Å². The van der Waals surface area contributed by atoms with Crippen LogP contribution in [0.2, 0.25) is 0 Å². The van der Waals surface area contributed by atoms with Gasteiger partial charge in [0, 0.05) is 51.1 Å². The number of anilines is 1. The third-order valence-electron chi connectivity index (χ3n) is 13.4. The zero-order valence-electron chi connectivity index (χ0n) is 48.6. The number of amides is 8. The van der Waals surface area contributed by atoms with Crippen molar-refractivity contribution in [2.45, 2.75) is 102 Å². The summed E-state index contributed by atoms with van der Waals surface area (Å²) < 4.78 is 3.49. The van der Waals surface area contributed by atoms with E-state index < -0.39 is 150 Å². The van der Waals surface area contributed by atoms with E-state index in [0.29, 0.717) is 4.57 Å². The first-order valence-corrected chi connectivity index (χ1v) is 27.3. The third kappa shape index (κ3) is 18.3. The van der Waals surface area contributed by atoms with Crippen LogP contribution in [0.5, 0.6) is 0 Å². The van der Waals surface area contributed by atoms with Gasteiger partial charge in [-0.05, 0) is 44.7 Å². The number of carbonyl (C=O) groups is 8. The van der Waals surface area contributed by atoms with E-state index in [1.165, 1.54) is 42.1 Å². The summed E-state index contributed by atoms with van der Waals surface area (Å²) >= 11 is 0. The van der Waals surface area contributed by atoms with Gasteiger partial charge in [-0.25, -0.2) is 29.3 Å². The van der Waals surface area contributed by atoms with Crippen LogP contribution in [-0.2, 0) is 64.5 Å². The maximum absolute atomic E-state index is 15.0. The maximum atomic E-state index is 15.0. The molecule has 90 heavy (non-hydrogen) atoms. The number of para-hydroxylation sites is 1. The second kappa shape index (κ2) is 30.5. The minimum Gasteiger partial charge on any atom is -0.382 e. The second-order valence-electron chi connectivity index (χ2n) is 20.3. The van der Waals surface area contributed by atoms with E-state index in [-0.39, 0.29) is 84.1 Å². The van der Waals surface area contributed by atoms with Crippen LogP contribution in [0.25, 0.3) is 22.1 Å². The number of aliphatic imine (C=N–C) groups is 2. The zero-order chi connectivity index (χ0) is 66.1. The van der Waals surface area contributed by atoms with E-state index in [0.717, 1.165) is 52.8 Å². The number of fused-ring (bicyclic) bond motifs is 2. The maximum Gasteiger partial charge on any atom is 0.328 e. The monoisotopic (exact) mass is 1250 g/mol. The number of nitrogen functional groups attached to an aromatic ring is 1. The van der Waals surface area contributed by atoms with Gasteiger partial charge in [-0.2, -0.15) is 0 Å². The normalized spacial score (nSPS) is 13.1. The predicted octanol–water partition coefficient (Wildman–Crippen LogP) is -9.50. The minimum absolute atomic E-state index is 0.0162. The van der Waals surface area contributed by atoms with Gasteiger partial charge in [0.25, 0.3) is 16.7 Å². The van der Waals surface area contributed by atoms with E-state index in [2.05, 4.69) is 66.8 Å². The number of nitrogens with zero attached hydrogens (tertiary/aromatic N) is 10. The summed E-state index contributed by atoms with van der Waals surface area (Å²) in [5.74, 6) is -9.13. The number of primary amides is 1. The molecule has 0 saturated heterocycles.